The Balaban J connectivity index is 1.62. The molecule has 0 aliphatic carbocycles. The van der Waals surface area contributed by atoms with Gasteiger partial charge < -0.3 is 14.3 Å². The van der Waals surface area contributed by atoms with E-state index in [1.807, 2.05) is 24.3 Å². The van der Waals surface area contributed by atoms with Crippen molar-refractivity contribution in [1.29, 1.82) is 0 Å². The van der Waals surface area contributed by atoms with E-state index in [9.17, 15) is 4.79 Å². The van der Waals surface area contributed by atoms with Gasteiger partial charge in [-0.3, -0.25) is 4.90 Å². The molecule has 0 saturated carbocycles. The van der Waals surface area contributed by atoms with E-state index in [-0.39, 0.29) is 12.1 Å². The quantitative estimate of drug-likeness (QED) is 0.317. The van der Waals surface area contributed by atoms with Crippen LogP contribution in [0.4, 0.5) is 0 Å². The average molecular weight is 479 g/mol. The zero-order chi connectivity index (χ0) is 24.1. The maximum Gasteiger partial charge on any atom is 0.365 e. The van der Waals surface area contributed by atoms with Gasteiger partial charge in [0.05, 0.1) is 25.5 Å². The van der Waals surface area contributed by atoms with Crippen molar-refractivity contribution in [3.63, 3.8) is 0 Å². The van der Waals surface area contributed by atoms with Crippen LogP contribution in [-0.4, -0.2) is 37.8 Å². The van der Waals surface area contributed by atoms with E-state index in [0.29, 0.717) is 23.4 Å². The molecule has 0 aromatic heterocycles. The van der Waals surface area contributed by atoms with Gasteiger partial charge in [-0.05, 0) is 60.6 Å². The van der Waals surface area contributed by atoms with Crippen molar-refractivity contribution in [2.24, 2.45) is 5.16 Å². The minimum absolute atomic E-state index is 0.0513. The van der Waals surface area contributed by atoms with Gasteiger partial charge >= 0.3 is 5.97 Å². The predicted octanol–water partition coefficient (Wildman–Crippen LogP) is 6.08. The number of halogens is 1. The number of carbonyl (C=O) groups is 1. The minimum Gasteiger partial charge on any atom is -0.497 e. The Bertz CT molecular complexity index is 1100. The van der Waals surface area contributed by atoms with Crippen molar-refractivity contribution in [2.75, 3.05) is 21.3 Å². The molecule has 1 aliphatic heterocycles. The lowest BCUT2D eigenvalue weighted by molar-refractivity contribution is 0.0507. The topological polar surface area (TPSA) is 60.4 Å². The van der Waals surface area contributed by atoms with Crippen molar-refractivity contribution >= 4 is 23.3 Å². The molecule has 1 heterocycles. The standard InChI is InChI=1S/C27H27ClN2O4/c1-30-25(18-7-11-23(32-2)12-8-18)16-22(17-26(30)19-9-13-24(33-3)14-10-19)29-34-27(31)20-5-4-6-21(28)15-20/h4-15,25-26H,16-17H2,1-3H3. The second-order valence-corrected chi connectivity index (χ2v) is 8.63. The van der Waals surface area contributed by atoms with Crippen LogP contribution in [-0.2, 0) is 4.84 Å². The molecule has 7 heteroatoms. The molecule has 176 valence electrons. The van der Waals surface area contributed by atoms with Crippen molar-refractivity contribution in [3.05, 3.63) is 94.5 Å². The zero-order valence-electron chi connectivity index (χ0n) is 19.4. The highest BCUT2D eigenvalue weighted by atomic mass is 35.5. The largest absolute Gasteiger partial charge is 0.497 e. The van der Waals surface area contributed by atoms with Crippen LogP contribution in [0.2, 0.25) is 5.02 Å². The molecular formula is C27H27ClN2O4. The van der Waals surface area contributed by atoms with Crippen LogP contribution >= 0.6 is 11.6 Å². The van der Waals surface area contributed by atoms with E-state index in [1.54, 1.807) is 38.5 Å². The molecule has 2 atom stereocenters. The van der Waals surface area contributed by atoms with E-state index in [1.165, 1.54) is 0 Å². The van der Waals surface area contributed by atoms with Gasteiger partial charge in [0.25, 0.3) is 0 Å². The SMILES string of the molecule is COc1ccc(C2CC(=NOC(=O)c3cccc(Cl)c3)CC(c3ccc(OC)cc3)N2C)cc1. The molecule has 34 heavy (non-hydrogen) atoms. The number of oxime groups is 1. The van der Waals surface area contributed by atoms with Gasteiger partial charge in [0, 0.05) is 29.9 Å². The van der Waals surface area contributed by atoms with Crippen LogP contribution in [0.15, 0.2) is 78.0 Å². The molecule has 0 amide bonds. The predicted molar refractivity (Wildman–Crippen MR) is 133 cm³/mol. The summed E-state index contributed by atoms with van der Waals surface area (Å²) >= 11 is 6.00. The molecule has 6 nitrogen and oxygen atoms in total. The number of methoxy groups -OCH3 is 2. The molecular weight excluding hydrogens is 452 g/mol. The third-order valence-electron chi connectivity index (χ3n) is 6.16. The summed E-state index contributed by atoms with van der Waals surface area (Å²) in [6, 6.07) is 22.8. The molecule has 3 aromatic carbocycles. The van der Waals surface area contributed by atoms with Crippen LogP contribution < -0.4 is 9.47 Å². The number of benzene rings is 3. The molecule has 4 rings (SSSR count). The molecule has 3 aromatic rings. The first-order chi connectivity index (χ1) is 16.5. The fraction of sp³-hybridized carbons (Fsp3) is 0.259. The van der Waals surface area contributed by atoms with Gasteiger partial charge in [-0.2, -0.15) is 0 Å². The minimum atomic E-state index is -0.532. The Kier molecular flexibility index (Phi) is 7.50. The Hall–Kier alpha value is -3.35. The van der Waals surface area contributed by atoms with E-state index in [2.05, 4.69) is 41.4 Å². The molecule has 1 fully saturated rings. The lowest BCUT2D eigenvalue weighted by Gasteiger charge is -2.40. The third kappa shape index (κ3) is 5.41. The zero-order valence-corrected chi connectivity index (χ0v) is 20.2. The second kappa shape index (κ2) is 10.7. The van der Waals surface area contributed by atoms with Crippen LogP contribution in [0.1, 0.15) is 46.4 Å². The van der Waals surface area contributed by atoms with Crippen molar-refractivity contribution in [1.82, 2.24) is 4.90 Å². The van der Waals surface area contributed by atoms with E-state index in [4.69, 9.17) is 25.9 Å². The van der Waals surface area contributed by atoms with Crippen LogP contribution in [0.25, 0.3) is 0 Å². The van der Waals surface area contributed by atoms with Crippen LogP contribution in [0, 0.1) is 0 Å². The lowest BCUT2D eigenvalue weighted by Crippen LogP contribution is -2.37. The van der Waals surface area contributed by atoms with Crippen molar-refractivity contribution in [2.45, 2.75) is 24.9 Å². The van der Waals surface area contributed by atoms with Gasteiger partial charge in [-0.25, -0.2) is 4.79 Å². The lowest BCUT2D eigenvalue weighted by atomic mass is 9.87. The molecule has 1 aliphatic rings. The van der Waals surface area contributed by atoms with E-state index < -0.39 is 5.97 Å². The molecule has 1 saturated heterocycles. The molecule has 0 bridgehead atoms. The van der Waals surface area contributed by atoms with Gasteiger partial charge in [-0.15, -0.1) is 0 Å². The number of rotatable bonds is 6. The van der Waals surface area contributed by atoms with Gasteiger partial charge in [-0.1, -0.05) is 47.1 Å². The monoisotopic (exact) mass is 478 g/mol. The number of hydrogen-bond donors (Lipinski definition) is 0. The number of piperidine rings is 1. The average Bonchev–Trinajstić information content (AvgIpc) is 2.88. The summed E-state index contributed by atoms with van der Waals surface area (Å²) in [6.07, 6.45) is 1.27. The van der Waals surface area contributed by atoms with Gasteiger partial charge in [0.1, 0.15) is 11.5 Å². The first-order valence-corrected chi connectivity index (χ1v) is 11.4. The van der Waals surface area contributed by atoms with Gasteiger partial charge in [0.2, 0.25) is 0 Å². The highest BCUT2D eigenvalue weighted by molar-refractivity contribution is 6.30. The second-order valence-electron chi connectivity index (χ2n) is 8.20. The maximum atomic E-state index is 12.5. The fourth-order valence-electron chi connectivity index (χ4n) is 4.24. The Morgan fingerprint density at radius 1 is 0.882 bits per heavy atom. The normalized spacial score (nSPS) is 18.3. The van der Waals surface area contributed by atoms with Crippen LogP contribution in [0.5, 0.6) is 11.5 Å². The van der Waals surface area contributed by atoms with Crippen LogP contribution in [0.3, 0.4) is 0 Å². The maximum absolute atomic E-state index is 12.5. The summed E-state index contributed by atoms with van der Waals surface area (Å²) < 4.78 is 10.6. The number of likely N-dealkylation sites (tertiary alicyclic amines) is 1. The summed E-state index contributed by atoms with van der Waals surface area (Å²) in [5.41, 5.74) is 3.45. The summed E-state index contributed by atoms with van der Waals surface area (Å²) in [7, 11) is 5.42. The number of nitrogens with zero attached hydrogens (tertiary/aromatic N) is 2. The number of ether oxygens (including phenoxy) is 2. The number of hydrogen-bond acceptors (Lipinski definition) is 6. The Morgan fingerprint density at radius 3 is 1.88 bits per heavy atom. The first-order valence-electron chi connectivity index (χ1n) is 11.0. The summed E-state index contributed by atoms with van der Waals surface area (Å²) in [6.45, 7) is 0. The molecule has 0 N–H and O–H groups in total. The highest BCUT2D eigenvalue weighted by Gasteiger charge is 2.33. The first kappa shape index (κ1) is 23.8. The molecule has 0 spiro atoms. The van der Waals surface area contributed by atoms with Crippen molar-refractivity contribution in [3.8, 4) is 11.5 Å². The fourth-order valence-corrected chi connectivity index (χ4v) is 4.43. The van der Waals surface area contributed by atoms with Crippen molar-refractivity contribution < 1.29 is 19.1 Å². The third-order valence-corrected chi connectivity index (χ3v) is 6.40. The summed E-state index contributed by atoms with van der Waals surface area (Å²) in [4.78, 5) is 20.2. The summed E-state index contributed by atoms with van der Waals surface area (Å²) in [5.74, 6) is 1.08. The summed E-state index contributed by atoms with van der Waals surface area (Å²) in [5, 5.41) is 4.76. The smallest absolute Gasteiger partial charge is 0.365 e. The Morgan fingerprint density at radius 2 is 1.41 bits per heavy atom. The Labute approximate surface area is 204 Å². The highest BCUT2D eigenvalue weighted by Crippen LogP contribution is 2.40. The van der Waals surface area contributed by atoms with Gasteiger partial charge in [0.15, 0.2) is 0 Å². The van der Waals surface area contributed by atoms with E-state index in [0.717, 1.165) is 28.3 Å². The molecule has 0 radical (unpaired) electrons. The number of carbonyl (C=O) groups excluding carboxylic acids is 1. The molecule has 2 unspecified atom stereocenters. The van der Waals surface area contributed by atoms with E-state index >= 15 is 0 Å².